The lowest BCUT2D eigenvalue weighted by atomic mass is 9.97. The summed E-state index contributed by atoms with van der Waals surface area (Å²) < 4.78 is 0. The van der Waals surface area contributed by atoms with Crippen LogP contribution in [0.2, 0.25) is 0 Å². The molecule has 0 aromatic heterocycles. The molecule has 1 aliphatic carbocycles. The average Bonchev–Trinajstić information content (AvgIpc) is 2.98. The molecule has 3 heteroatoms. The number of likely N-dealkylation sites (tertiary alicyclic amines) is 1. The molecule has 18 heavy (non-hydrogen) atoms. The van der Waals surface area contributed by atoms with E-state index >= 15 is 0 Å². The molecule has 0 aromatic carbocycles. The highest BCUT2D eigenvalue weighted by Crippen LogP contribution is 2.28. The first-order valence-corrected chi connectivity index (χ1v) is 7.73. The normalized spacial score (nSPS) is 28.3. The summed E-state index contributed by atoms with van der Waals surface area (Å²) in [7, 11) is 6.69. The molecule has 1 saturated heterocycles. The molecule has 2 atom stereocenters. The Balaban J connectivity index is 1.72. The number of nitrogens with zero attached hydrogens (tertiary/aromatic N) is 2. The minimum absolute atomic E-state index is 0.705. The van der Waals surface area contributed by atoms with Gasteiger partial charge in [-0.3, -0.25) is 0 Å². The van der Waals surface area contributed by atoms with Crippen LogP contribution in [-0.4, -0.2) is 63.2 Å². The molecule has 0 radical (unpaired) electrons. The van der Waals surface area contributed by atoms with Crippen molar-refractivity contribution in [1.82, 2.24) is 15.1 Å². The fourth-order valence-electron chi connectivity index (χ4n) is 3.86. The molecule has 2 aliphatic rings. The minimum atomic E-state index is 0.705. The van der Waals surface area contributed by atoms with Crippen LogP contribution in [0.15, 0.2) is 0 Å². The van der Waals surface area contributed by atoms with Gasteiger partial charge in [-0.2, -0.15) is 0 Å². The third kappa shape index (κ3) is 3.94. The Morgan fingerprint density at radius 2 is 2.00 bits per heavy atom. The smallest absolute Gasteiger partial charge is 0.0220 e. The summed E-state index contributed by atoms with van der Waals surface area (Å²) in [6, 6.07) is 0.705. The summed E-state index contributed by atoms with van der Waals surface area (Å²) >= 11 is 0. The summed E-state index contributed by atoms with van der Waals surface area (Å²) in [5, 5.41) is 3.56. The van der Waals surface area contributed by atoms with Gasteiger partial charge < -0.3 is 15.1 Å². The fourth-order valence-corrected chi connectivity index (χ4v) is 3.86. The predicted octanol–water partition coefficient (Wildman–Crippen LogP) is 1.65. The summed E-state index contributed by atoms with van der Waals surface area (Å²) in [5.74, 6) is 1.81. The van der Waals surface area contributed by atoms with Gasteiger partial charge in [-0.05, 0) is 58.8 Å². The SMILES string of the molecule is CNC(CN(C)CC1CCN(C)C1)C1CCCC1. The standard InChI is InChI=1S/C15H31N3/c1-16-15(14-6-4-5-7-14)12-18(3)11-13-8-9-17(2)10-13/h13-16H,4-12H2,1-3H3. The van der Waals surface area contributed by atoms with Gasteiger partial charge in [-0.15, -0.1) is 0 Å². The number of hydrogen-bond donors (Lipinski definition) is 1. The molecule has 2 fully saturated rings. The van der Waals surface area contributed by atoms with E-state index in [-0.39, 0.29) is 0 Å². The van der Waals surface area contributed by atoms with Crippen LogP contribution in [0.4, 0.5) is 0 Å². The highest BCUT2D eigenvalue weighted by molar-refractivity contribution is 4.83. The van der Waals surface area contributed by atoms with Gasteiger partial charge in [0, 0.05) is 25.7 Å². The molecule has 0 amide bonds. The molecule has 1 heterocycles. The van der Waals surface area contributed by atoms with Gasteiger partial charge in [0.05, 0.1) is 0 Å². The van der Waals surface area contributed by atoms with Crippen LogP contribution in [0.1, 0.15) is 32.1 Å². The van der Waals surface area contributed by atoms with E-state index in [4.69, 9.17) is 0 Å². The predicted molar refractivity (Wildman–Crippen MR) is 77.9 cm³/mol. The van der Waals surface area contributed by atoms with E-state index in [9.17, 15) is 0 Å². The van der Waals surface area contributed by atoms with Gasteiger partial charge in [0.1, 0.15) is 0 Å². The maximum absolute atomic E-state index is 3.56. The summed E-state index contributed by atoms with van der Waals surface area (Å²) in [6.45, 7) is 5.07. The van der Waals surface area contributed by atoms with Crippen LogP contribution in [0.5, 0.6) is 0 Å². The third-order valence-electron chi connectivity index (χ3n) is 4.91. The zero-order valence-corrected chi connectivity index (χ0v) is 12.5. The zero-order valence-electron chi connectivity index (χ0n) is 12.5. The van der Waals surface area contributed by atoms with Crippen LogP contribution in [0, 0.1) is 11.8 Å². The van der Waals surface area contributed by atoms with E-state index in [0.29, 0.717) is 6.04 Å². The van der Waals surface area contributed by atoms with Crippen LogP contribution in [-0.2, 0) is 0 Å². The Bertz CT molecular complexity index is 238. The van der Waals surface area contributed by atoms with Crippen molar-refractivity contribution < 1.29 is 0 Å². The Morgan fingerprint density at radius 1 is 1.28 bits per heavy atom. The Hall–Kier alpha value is -0.120. The first kappa shape index (κ1) is 14.3. The van der Waals surface area contributed by atoms with Crippen molar-refractivity contribution in [2.75, 3.05) is 47.3 Å². The van der Waals surface area contributed by atoms with Crippen LogP contribution < -0.4 is 5.32 Å². The van der Waals surface area contributed by atoms with Gasteiger partial charge in [0.25, 0.3) is 0 Å². The first-order valence-electron chi connectivity index (χ1n) is 7.73. The van der Waals surface area contributed by atoms with Gasteiger partial charge in [0.2, 0.25) is 0 Å². The zero-order chi connectivity index (χ0) is 13.0. The van der Waals surface area contributed by atoms with Crippen molar-refractivity contribution >= 4 is 0 Å². The van der Waals surface area contributed by atoms with Crippen molar-refractivity contribution in [3.05, 3.63) is 0 Å². The van der Waals surface area contributed by atoms with Gasteiger partial charge in [-0.1, -0.05) is 12.8 Å². The molecule has 106 valence electrons. The van der Waals surface area contributed by atoms with E-state index in [2.05, 4.69) is 36.3 Å². The van der Waals surface area contributed by atoms with Crippen LogP contribution >= 0.6 is 0 Å². The fraction of sp³-hybridized carbons (Fsp3) is 1.00. The van der Waals surface area contributed by atoms with Crippen LogP contribution in [0.25, 0.3) is 0 Å². The van der Waals surface area contributed by atoms with E-state index in [1.807, 2.05) is 0 Å². The van der Waals surface area contributed by atoms with E-state index in [1.165, 1.54) is 58.3 Å². The topological polar surface area (TPSA) is 18.5 Å². The number of rotatable bonds is 6. The summed E-state index contributed by atoms with van der Waals surface area (Å²) in [4.78, 5) is 5.02. The summed E-state index contributed by atoms with van der Waals surface area (Å²) in [5.41, 5.74) is 0. The van der Waals surface area contributed by atoms with Gasteiger partial charge in [-0.25, -0.2) is 0 Å². The second-order valence-electron chi connectivity index (χ2n) is 6.58. The maximum atomic E-state index is 3.56. The van der Waals surface area contributed by atoms with Crippen LogP contribution in [0.3, 0.4) is 0 Å². The average molecular weight is 253 g/mol. The number of hydrogen-bond acceptors (Lipinski definition) is 3. The molecule has 1 saturated carbocycles. The molecule has 0 spiro atoms. The number of nitrogens with one attached hydrogen (secondary N) is 1. The lowest BCUT2D eigenvalue weighted by Gasteiger charge is -2.29. The molecule has 2 unspecified atom stereocenters. The monoisotopic (exact) mass is 253 g/mol. The van der Waals surface area contributed by atoms with Crippen molar-refractivity contribution in [1.29, 1.82) is 0 Å². The molecular weight excluding hydrogens is 222 g/mol. The molecule has 0 aromatic rings. The quantitative estimate of drug-likeness (QED) is 0.776. The van der Waals surface area contributed by atoms with Gasteiger partial charge in [0.15, 0.2) is 0 Å². The second kappa shape index (κ2) is 6.88. The van der Waals surface area contributed by atoms with Gasteiger partial charge >= 0.3 is 0 Å². The highest BCUT2D eigenvalue weighted by Gasteiger charge is 2.26. The lowest BCUT2D eigenvalue weighted by Crippen LogP contribution is -2.43. The van der Waals surface area contributed by atoms with E-state index in [0.717, 1.165) is 11.8 Å². The third-order valence-corrected chi connectivity index (χ3v) is 4.91. The van der Waals surface area contributed by atoms with Crippen molar-refractivity contribution in [3.63, 3.8) is 0 Å². The number of likely N-dealkylation sites (N-methyl/N-ethyl adjacent to an activating group) is 2. The molecule has 2 rings (SSSR count). The Kier molecular flexibility index (Phi) is 5.46. The second-order valence-corrected chi connectivity index (χ2v) is 6.58. The van der Waals surface area contributed by atoms with Crippen molar-refractivity contribution in [3.8, 4) is 0 Å². The molecule has 3 nitrogen and oxygen atoms in total. The Labute approximate surface area is 113 Å². The largest absolute Gasteiger partial charge is 0.315 e. The minimum Gasteiger partial charge on any atom is -0.315 e. The molecule has 1 N–H and O–H groups in total. The maximum Gasteiger partial charge on any atom is 0.0220 e. The highest BCUT2D eigenvalue weighted by atomic mass is 15.2. The lowest BCUT2D eigenvalue weighted by molar-refractivity contribution is 0.220. The molecule has 1 aliphatic heterocycles. The van der Waals surface area contributed by atoms with Crippen molar-refractivity contribution in [2.24, 2.45) is 11.8 Å². The Morgan fingerprint density at radius 3 is 2.56 bits per heavy atom. The van der Waals surface area contributed by atoms with Crippen molar-refractivity contribution in [2.45, 2.75) is 38.1 Å². The molecular formula is C15H31N3. The first-order chi connectivity index (χ1) is 8.69. The van der Waals surface area contributed by atoms with E-state index < -0.39 is 0 Å². The summed E-state index contributed by atoms with van der Waals surface area (Å²) in [6.07, 6.45) is 7.14. The molecule has 0 bridgehead atoms. The van der Waals surface area contributed by atoms with E-state index in [1.54, 1.807) is 0 Å².